The van der Waals surface area contributed by atoms with Gasteiger partial charge in [-0.1, -0.05) is 12.1 Å². The molecule has 0 aliphatic heterocycles. The molecule has 0 saturated heterocycles. The number of hydrogen-bond acceptors (Lipinski definition) is 6. The summed E-state index contributed by atoms with van der Waals surface area (Å²) in [6.07, 6.45) is -3.88. The number of hydrogen-bond donors (Lipinski definition) is 2. The van der Waals surface area contributed by atoms with Crippen molar-refractivity contribution in [2.24, 2.45) is 0 Å². The summed E-state index contributed by atoms with van der Waals surface area (Å²) in [5.41, 5.74) is 0.841. The molecule has 1 unspecified atom stereocenters. The molecular weight excluding hydrogens is 378 g/mol. The van der Waals surface area contributed by atoms with Crippen molar-refractivity contribution in [2.75, 3.05) is 5.32 Å². The highest BCUT2D eigenvalue weighted by Crippen LogP contribution is 2.33. The number of aliphatic hydroxyl groups is 1. The van der Waals surface area contributed by atoms with Gasteiger partial charge in [-0.3, -0.25) is 4.98 Å². The van der Waals surface area contributed by atoms with Crippen molar-refractivity contribution in [3.63, 3.8) is 0 Å². The number of alkyl halides is 3. The van der Waals surface area contributed by atoms with Gasteiger partial charge in [0.2, 0.25) is 5.95 Å². The minimum Gasteiger partial charge on any atom is -0.379 e. The van der Waals surface area contributed by atoms with E-state index in [4.69, 9.17) is 0 Å². The van der Waals surface area contributed by atoms with Gasteiger partial charge in [0.05, 0.1) is 12.2 Å². The lowest BCUT2D eigenvalue weighted by Gasteiger charge is -2.15. The van der Waals surface area contributed by atoms with E-state index in [1.165, 1.54) is 24.5 Å². The average molecular weight is 393 g/mol. The van der Waals surface area contributed by atoms with Gasteiger partial charge in [0.1, 0.15) is 11.5 Å². The predicted molar refractivity (Wildman–Crippen MR) is 92.5 cm³/mol. The van der Waals surface area contributed by atoms with E-state index in [9.17, 15) is 22.7 Å². The first-order valence-corrected chi connectivity index (χ1v) is 8.16. The maximum Gasteiger partial charge on any atom is 0.418 e. The maximum absolute atomic E-state index is 13.0. The highest BCUT2D eigenvalue weighted by Gasteiger charge is 2.39. The number of nitrogens with one attached hydrogen (secondary N) is 1. The highest BCUT2D eigenvalue weighted by molar-refractivity contribution is 5.57. The van der Waals surface area contributed by atoms with Gasteiger partial charge in [-0.05, 0) is 30.7 Å². The van der Waals surface area contributed by atoms with E-state index in [0.29, 0.717) is 0 Å². The van der Waals surface area contributed by atoms with Gasteiger partial charge in [0, 0.05) is 23.5 Å². The third-order valence-electron chi connectivity index (χ3n) is 3.96. The molecule has 0 saturated carbocycles. The smallest absolute Gasteiger partial charge is 0.379 e. The Morgan fingerprint density at radius 3 is 2.32 bits per heavy atom. The standard InChI is InChI=1S/C18H15F4N5O/c1-10(11-2-4-14(19)5-3-11)25-17-24-9-15(26-27-17)12-6-13(8-23-7-12)16(28)18(20,21)22/h2-10,16,28H,1H3,(H,24,25,27)/t10-,16?/m1/s1. The summed E-state index contributed by atoms with van der Waals surface area (Å²) in [5, 5.41) is 20.2. The van der Waals surface area contributed by atoms with Crippen LogP contribution in [0.5, 0.6) is 0 Å². The summed E-state index contributed by atoms with van der Waals surface area (Å²) in [4.78, 5) is 7.80. The van der Waals surface area contributed by atoms with Crippen molar-refractivity contribution in [1.29, 1.82) is 0 Å². The first-order valence-electron chi connectivity index (χ1n) is 8.16. The van der Waals surface area contributed by atoms with E-state index in [-0.39, 0.29) is 29.1 Å². The van der Waals surface area contributed by atoms with E-state index in [1.807, 2.05) is 6.92 Å². The van der Waals surface area contributed by atoms with Crippen molar-refractivity contribution in [1.82, 2.24) is 20.2 Å². The Morgan fingerprint density at radius 1 is 1.00 bits per heavy atom. The van der Waals surface area contributed by atoms with E-state index in [1.54, 1.807) is 12.1 Å². The zero-order valence-electron chi connectivity index (χ0n) is 14.5. The fourth-order valence-corrected chi connectivity index (χ4v) is 2.44. The third kappa shape index (κ3) is 4.58. The van der Waals surface area contributed by atoms with Crippen LogP contribution in [-0.4, -0.2) is 31.4 Å². The lowest BCUT2D eigenvalue weighted by molar-refractivity contribution is -0.206. The van der Waals surface area contributed by atoms with E-state index < -0.39 is 17.8 Å². The average Bonchev–Trinajstić information content (AvgIpc) is 2.68. The lowest BCUT2D eigenvalue weighted by Crippen LogP contribution is -2.20. The van der Waals surface area contributed by atoms with Crippen molar-refractivity contribution in [3.05, 3.63) is 65.9 Å². The van der Waals surface area contributed by atoms with Crippen LogP contribution in [0.25, 0.3) is 11.3 Å². The van der Waals surface area contributed by atoms with E-state index in [0.717, 1.165) is 17.8 Å². The molecular formula is C18H15F4N5O. The van der Waals surface area contributed by atoms with Gasteiger partial charge in [-0.15, -0.1) is 10.2 Å². The molecule has 1 aromatic carbocycles. The molecule has 10 heteroatoms. The fourth-order valence-electron chi connectivity index (χ4n) is 2.44. The molecule has 0 bridgehead atoms. The molecule has 6 nitrogen and oxygen atoms in total. The monoisotopic (exact) mass is 393 g/mol. The van der Waals surface area contributed by atoms with Gasteiger partial charge in [0.25, 0.3) is 0 Å². The molecule has 0 amide bonds. The zero-order valence-corrected chi connectivity index (χ0v) is 14.5. The maximum atomic E-state index is 13.0. The normalized spacial score (nSPS) is 13.8. The molecule has 0 aliphatic carbocycles. The summed E-state index contributed by atoms with van der Waals surface area (Å²) in [6.45, 7) is 1.83. The minimum absolute atomic E-state index is 0.194. The number of aromatic nitrogens is 4. The molecule has 0 radical (unpaired) electrons. The van der Waals surface area contributed by atoms with Crippen molar-refractivity contribution < 1.29 is 22.7 Å². The number of anilines is 1. The molecule has 2 aromatic heterocycles. The van der Waals surface area contributed by atoms with Crippen molar-refractivity contribution in [2.45, 2.75) is 25.2 Å². The predicted octanol–water partition coefficient (Wildman–Crippen LogP) is 3.84. The van der Waals surface area contributed by atoms with Crippen LogP contribution in [0.1, 0.15) is 30.2 Å². The summed E-state index contributed by atoms with van der Waals surface area (Å²) in [6, 6.07) is 6.83. The van der Waals surface area contributed by atoms with Crippen LogP contribution in [0.4, 0.5) is 23.5 Å². The van der Waals surface area contributed by atoms with Gasteiger partial charge in [-0.2, -0.15) is 13.2 Å². The highest BCUT2D eigenvalue weighted by atomic mass is 19.4. The van der Waals surface area contributed by atoms with E-state index in [2.05, 4.69) is 25.5 Å². The molecule has 2 heterocycles. The molecule has 2 atom stereocenters. The number of nitrogens with zero attached hydrogens (tertiary/aromatic N) is 4. The Hall–Kier alpha value is -3.14. The molecule has 2 N–H and O–H groups in total. The fraction of sp³-hybridized carbons (Fsp3) is 0.222. The summed E-state index contributed by atoms with van der Waals surface area (Å²) in [5.74, 6) is -0.148. The molecule has 0 fully saturated rings. The van der Waals surface area contributed by atoms with Gasteiger partial charge in [-0.25, -0.2) is 9.37 Å². The number of pyridine rings is 1. The van der Waals surface area contributed by atoms with Crippen LogP contribution >= 0.6 is 0 Å². The molecule has 0 spiro atoms. The second-order valence-electron chi connectivity index (χ2n) is 6.04. The van der Waals surface area contributed by atoms with Crippen molar-refractivity contribution >= 4 is 5.95 Å². The molecule has 3 aromatic rings. The topological polar surface area (TPSA) is 83.8 Å². The molecule has 0 aliphatic rings. The van der Waals surface area contributed by atoms with Crippen LogP contribution in [-0.2, 0) is 0 Å². The molecule has 28 heavy (non-hydrogen) atoms. The van der Waals surface area contributed by atoms with Crippen LogP contribution in [0, 0.1) is 5.82 Å². The first-order chi connectivity index (χ1) is 13.2. The van der Waals surface area contributed by atoms with Crippen LogP contribution in [0.3, 0.4) is 0 Å². The Balaban J connectivity index is 1.75. The third-order valence-corrected chi connectivity index (χ3v) is 3.96. The second kappa shape index (κ2) is 7.85. The van der Waals surface area contributed by atoms with Crippen LogP contribution in [0.15, 0.2) is 48.9 Å². The zero-order chi connectivity index (χ0) is 20.3. The largest absolute Gasteiger partial charge is 0.418 e. The SMILES string of the molecule is C[C@@H](Nc1ncc(-c2cncc(C(O)C(F)(F)F)c2)nn1)c1ccc(F)cc1. The second-order valence-corrected chi connectivity index (χ2v) is 6.04. The Morgan fingerprint density at radius 2 is 1.71 bits per heavy atom. The van der Waals surface area contributed by atoms with Gasteiger partial charge in [0.15, 0.2) is 6.10 Å². The number of benzene rings is 1. The number of halogens is 4. The first kappa shape index (κ1) is 19.6. The molecule has 146 valence electrons. The summed E-state index contributed by atoms with van der Waals surface area (Å²) < 4.78 is 51.0. The van der Waals surface area contributed by atoms with Gasteiger partial charge >= 0.3 is 6.18 Å². The summed E-state index contributed by atoms with van der Waals surface area (Å²) >= 11 is 0. The Labute approximate surface area is 157 Å². The van der Waals surface area contributed by atoms with Crippen molar-refractivity contribution in [3.8, 4) is 11.3 Å². The van der Waals surface area contributed by atoms with E-state index >= 15 is 0 Å². The Bertz CT molecular complexity index is 932. The lowest BCUT2D eigenvalue weighted by atomic mass is 10.1. The Kier molecular flexibility index (Phi) is 5.50. The van der Waals surface area contributed by atoms with Crippen LogP contribution in [0.2, 0.25) is 0 Å². The number of aliphatic hydroxyl groups excluding tert-OH is 1. The minimum atomic E-state index is -4.80. The molecule has 3 rings (SSSR count). The quantitative estimate of drug-likeness (QED) is 0.641. The van der Waals surface area contributed by atoms with Crippen LogP contribution < -0.4 is 5.32 Å². The van der Waals surface area contributed by atoms with Gasteiger partial charge < -0.3 is 10.4 Å². The summed E-state index contributed by atoms with van der Waals surface area (Å²) in [7, 11) is 0. The number of rotatable bonds is 5.